The highest BCUT2D eigenvalue weighted by atomic mass is 32.2. The number of H-pyrrole nitrogens is 1. The summed E-state index contributed by atoms with van der Waals surface area (Å²) in [6.07, 6.45) is 9.08. The molecule has 2 fully saturated rings. The summed E-state index contributed by atoms with van der Waals surface area (Å²) in [7, 11) is 0.743. The van der Waals surface area contributed by atoms with Gasteiger partial charge in [0, 0.05) is 50.5 Å². The van der Waals surface area contributed by atoms with Crippen molar-refractivity contribution < 1.29 is 13.2 Å². The number of carbonyl (C=O) groups excluding carboxylic acids is 1. The molecule has 5 rings (SSSR count). The summed E-state index contributed by atoms with van der Waals surface area (Å²) in [5.41, 5.74) is 11.2. The first-order valence-corrected chi connectivity index (χ1v) is 15.8. The zero-order valence-electron chi connectivity index (χ0n) is 23.1. The first-order valence-electron chi connectivity index (χ1n) is 14.2. The van der Waals surface area contributed by atoms with E-state index in [9.17, 15) is 13.2 Å². The van der Waals surface area contributed by atoms with E-state index in [4.69, 9.17) is 5.73 Å². The molecule has 1 amide bonds. The first kappa shape index (κ1) is 27.7. The van der Waals surface area contributed by atoms with Crippen LogP contribution >= 0.6 is 0 Å². The molecule has 8 nitrogen and oxygen atoms in total. The number of primary amides is 1. The lowest BCUT2D eigenvalue weighted by atomic mass is 9.88. The Balaban J connectivity index is 1.29. The van der Waals surface area contributed by atoms with Crippen LogP contribution in [-0.2, 0) is 10.0 Å². The van der Waals surface area contributed by atoms with Crippen molar-refractivity contribution in [3.8, 4) is 11.1 Å². The molecule has 0 atom stereocenters. The van der Waals surface area contributed by atoms with Crippen molar-refractivity contribution in [2.24, 2.45) is 5.73 Å². The van der Waals surface area contributed by atoms with Crippen LogP contribution in [0.2, 0.25) is 0 Å². The van der Waals surface area contributed by atoms with Gasteiger partial charge in [-0.1, -0.05) is 25.0 Å². The third-order valence-corrected chi connectivity index (χ3v) is 10.4. The molecular formula is C30H41N5O3S. The summed E-state index contributed by atoms with van der Waals surface area (Å²) >= 11 is 0. The summed E-state index contributed by atoms with van der Waals surface area (Å²) in [6.45, 7) is 1.80. The van der Waals surface area contributed by atoms with E-state index in [0.29, 0.717) is 31.1 Å². The molecular weight excluding hydrogens is 510 g/mol. The molecule has 2 aliphatic rings. The minimum absolute atomic E-state index is 0.197. The topological polar surface area (TPSA) is 112 Å². The number of amides is 1. The first-order chi connectivity index (χ1) is 18.7. The largest absolute Gasteiger partial charge is 0.378 e. The number of fused-ring (bicyclic) bond motifs is 1. The van der Waals surface area contributed by atoms with E-state index >= 15 is 0 Å². The van der Waals surface area contributed by atoms with Gasteiger partial charge >= 0.3 is 0 Å². The van der Waals surface area contributed by atoms with E-state index in [2.05, 4.69) is 40.6 Å². The molecule has 1 aliphatic heterocycles. The van der Waals surface area contributed by atoms with Crippen molar-refractivity contribution >= 4 is 32.5 Å². The lowest BCUT2D eigenvalue weighted by molar-refractivity contribution is 0.100. The number of rotatable bonds is 10. The number of benzene rings is 2. The predicted octanol–water partition coefficient (Wildman–Crippen LogP) is 4.43. The number of hydrogen-bond acceptors (Lipinski definition) is 5. The van der Waals surface area contributed by atoms with Crippen LogP contribution in [0, 0.1) is 0 Å². The Kier molecular flexibility index (Phi) is 8.30. The average Bonchev–Trinajstić information content (AvgIpc) is 3.61. The van der Waals surface area contributed by atoms with Crippen LogP contribution in [0.5, 0.6) is 0 Å². The molecule has 4 N–H and O–H groups in total. The van der Waals surface area contributed by atoms with Gasteiger partial charge in [0.2, 0.25) is 10.0 Å². The van der Waals surface area contributed by atoms with E-state index in [0.717, 1.165) is 52.7 Å². The number of aromatic nitrogens is 1. The number of nitrogens with zero attached hydrogens (tertiary/aromatic N) is 2. The van der Waals surface area contributed by atoms with Gasteiger partial charge in [0.05, 0.1) is 16.8 Å². The number of anilines is 1. The second kappa shape index (κ2) is 11.7. The molecule has 9 heteroatoms. The Morgan fingerprint density at radius 3 is 2.38 bits per heavy atom. The van der Waals surface area contributed by atoms with Crippen molar-refractivity contribution in [1.29, 1.82) is 0 Å². The van der Waals surface area contributed by atoms with Crippen LogP contribution in [0.4, 0.5) is 5.69 Å². The van der Waals surface area contributed by atoms with E-state index in [-0.39, 0.29) is 11.7 Å². The smallest absolute Gasteiger partial charge is 0.250 e. The van der Waals surface area contributed by atoms with Gasteiger partial charge in [-0.05, 0) is 85.5 Å². The lowest BCUT2D eigenvalue weighted by Crippen LogP contribution is -2.40. The van der Waals surface area contributed by atoms with Crippen LogP contribution in [-0.4, -0.2) is 69.1 Å². The van der Waals surface area contributed by atoms with Gasteiger partial charge in [-0.25, -0.2) is 12.7 Å². The van der Waals surface area contributed by atoms with Gasteiger partial charge < -0.3 is 20.9 Å². The maximum atomic E-state index is 13.0. The third kappa shape index (κ3) is 6.15. The summed E-state index contributed by atoms with van der Waals surface area (Å²) in [5.74, 6) is -0.0626. The molecule has 1 saturated heterocycles. The van der Waals surface area contributed by atoms with Crippen LogP contribution < -0.4 is 16.0 Å². The molecule has 2 aromatic carbocycles. The Bertz CT molecular complexity index is 1400. The van der Waals surface area contributed by atoms with Crippen molar-refractivity contribution in [1.82, 2.24) is 14.6 Å². The summed E-state index contributed by atoms with van der Waals surface area (Å²) < 4.78 is 27.7. The molecule has 0 radical (unpaired) electrons. The van der Waals surface area contributed by atoms with Gasteiger partial charge in [-0.15, -0.1) is 0 Å². The minimum Gasteiger partial charge on any atom is -0.378 e. The zero-order valence-corrected chi connectivity index (χ0v) is 23.9. The SMILES string of the molecule is CN(C)c1ccc(-c2cc(C(N)=O)c3[nH]cc(C4CCN(S(=O)(=O)CCCNC5CCCC5)CC4)c3c2)cc1. The van der Waals surface area contributed by atoms with Crippen molar-refractivity contribution in [3.05, 3.63) is 53.7 Å². The van der Waals surface area contributed by atoms with E-state index < -0.39 is 15.9 Å². The maximum Gasteiger partial charge on any atom is 0.250 e. The highest BCUT2D eigenvalue weighted by molar-refractivity contribution is 7.89. The van der Waals surface area contributed by atoms with Gasteiger partial charge in [0.25, 0.3) is 5.91 Å². The van der Waals surface area contributed by atoms with Crippen molar-refractivity contribution in [2.45, 2.75) is 56.9 Å². The van der Waals surface area contributed by atoms with Crippen molar-refractivity contribution in [2.75, 3.05) is 44.4 Å². The number of nitrogens with one attached hydrogen (secondary N) is 2. The summed E-state index contributed by atoms with van der Waals surface area (Å²) in [4.78, 5) is 17.7. The number of aromatic amines is 1. The van der Waals surface area contributed by atoms with Crippen LogP contribution in [0.25, 0.3) is 22.0 Å². The fourth-order valence-electron chi connectivity index (χ4n) is 6.17. The predicted molar refractivity (Wildman–Crippen MR) is 159 cm³/mol. The molecule has 2 heterocycles. The van der Waals surface area contributed by atoms with Gasteiger partial charge in [-0.2, -0.15) is 0 Å². The fourth-order valence-corrected chi connectivity index (χ4v) is 7.70. The number of hydrogen-bond donors (Lipinski definition) is 3. The second-order valence-corrected chi connectivity index (χ2v) is 13.4. The number of nitrogens with two attached hydrogens (primary N) is 1. The highest BCUT2D eigenvalue weighted by Gasteiger charge is 2.30. The summed E-state index contributed by atoms with van der Waals surface area (Å²) in [5, 5.41) is 4.50. The molecule has 1 aromatic heterocycles. The molecule has 0 bridgehead atoms. The average molecular weight is 552 g/mol. The Morgan fingerprint density at radius 1 is 1.05 bits per heavy atom. The monoisotopic (exact) mass is 551 g/mol. The molecule has 210 valence electrons. The van der Waals surface area contributed by atoms with Crippen LogP contribution in [0.1, 0.15) is 66.8 Å². The van der Waals surface area contributed by atoms with E-state index in [1.807, 2.05) is 31.3 Å². The van der Waals surface area contributed by atoms with E-state index in [1.54, 1.807) is 4.31 Å². The van der Waals surface area contributed by atoms with Gasteiger partial charge in [0.15, 0.2) is 0 Å². The Morgan fingerprint density at radius 2 is 1.74 bits per heavy atom. The maximum absolute atomic E-state index is 13.0. The van der Waals surface area contributed by atoms with Crippen LogP contribution in [0.3, 0.4) is 0 Å². The summed E-state index contributed by atoms with van der Waals surface area (Å²) in [6, 6.07) is 12.8. The molecule has 1 aliphatic carbocycles. The molecule has 0 spiro atoms. The molecule has 3 aromatic rings. The van der Waals surface area contributed by atoms with Gasteiger partial charge in [0.1, 0.15) is 0 Å². The number of sulfonamides is 1. The molecule has 39 heavy (non-hydrogen) atoms. The van der Waals surface area contributed by atoms with E-state index in [1.165, 1.54) is 25.7 Å². The minimum atomic E-state index is -3.26. The molecule has 0 unspecified atom stereocenters. The Labute approximate surface area is 232 Å². The number of carbonyl (C=O) groups is 1. The molecule has 1 saturated carbocycles. The Hall–Kier alpha value is -2.88. The highest BCUT2D eigenvalue weighted by Crippen LogP contribution is 2.37. The quantitative estimate of drug-likeness (QED) is 0.323. The lowest BCUT2D eigenvalue weighted by Gasteiger charge is -2.31. The number of piperidine rings is 1. The zero-order chi connectivity index (χ0) is 27.6. The second-order valence-electron chi connectivity index (χ2n) is 11.3. The van der Waals surface area contributed by atoms with Crippen molar-refractivity contribution in [3.63, 3.8) is 0 Å². The third-order valence-electron chi connectivity index (χ3n) is 8.46. The standard InChI is InChI=1S/C30H41N5O3S/c1-34(2)25-10-8-21(9-11-25)23-18-26-28(20-33-29(26)27(19-23)30(31)36)22-12-15-35(16-13-22)39(37,38)17-5-14-32-24-6-3-4-7-24/h8-11,18-20,22,24,32-33H,3-7,12-17H2,1-2H3,(H2,31,36). The van der Waals surface area contributed by atoms with Crippen LogP contribution in [0.15, 0.2) is 42.6 Å². The fraction of sp³-hybridized carbons (Fsp3) is 0.500. The van der Waals surface area contributed by atoms with Gasteiger partial charge in [-0.3, -0.25) is 4.79 Å². The normalized spacial score (nSPS) is 17.7.